The molecule has 0 bridgehead atoms. The van der Waals surface area contributed by atoms with Crippen LogP contribution in [0.4, 0.5) is 11.4 Å². The summed E-state index contributed by atoms with van der Waals surface area (Å²) in [6.07, 6.45) is 0.637. The number of hydrogen-bond donors (Lipinski definition) is 4. The van der Waals surface area contributed by atoms with E-state index in [-0.39, 0.29) is 22.0 Å². The van der Waals surface area contributed by atoms with Gasteiger partial charge in [-0.15, -0.1) is 0 Å². The fourth-order valence-corrected chi connectivity index (χ4v) is 4.19. The van der Waals surface area contributed by atoms with Gasteiger partial charge in [0.25, 0.3) is 11.8 Å². The zero-order chi connectivity index (χ0) is 26.6. The monoisotopic (exact) mass is 511 g/mol. The lowest BCUT2D eigenvalue weighted by Crippen LogP contribution is -2.50. The first-order chi connectivity index (χ1) is 17.0. The van der Waals surface area contributed by atoms with E-state index in [0.717, 1.165) is 11.5 Å². The van der Waals surface area contributed by atoms with E-state index in [1.54, 1.807) is 36.4 Å². The molecule has 10 nitrogen and oxygen atoms in total. The number of nitrogen functional groups attached to an aromatic ring is 1. The summed E-state index contributed by atoms with van der Waals surface area (Å²) in [5.74, 6) is -1.52. The second kappa shape index (κ2) is 10.6. The highest BCUT2D eigenvalue weighted by atomic mass is 32.1. The minimum atomic E-state index is -1.17. The Morgan fingerprint density at radius 1 is 1.19 bits per heavy atom. The maximum absolute atomic E-state index is 14.0. The van der Waals surface area contributed by atoms with Crippen LogP contribution in [0.2, 0.25) is 0 Å². The Balaban J connectivity index is 2.25. The molecule has 11 heteroatoms. The maximum atomic E-state index is 14.0. The molecule has 0 spiro atoms. The number of phenols is 1. The molecule has 3 rings (SSSR count). The van der Waals surface area contributed by atoms with Crippen molar-refractivity contribution >= 4 is 40.6 Å². The number of carbonyl (C=O) groups excluding carboxylic acids is 3. The van der Waals surface area contributed by atoms with Gasteiger partial charge in [-0.1, -0.05) is 25.1 Å². The van der Waals surface area contributed by atoms with Gasteiger partial charge in [0.05, 0.1) is 12.8 Å². The zero-order valence-corrected chi connectivity index (χ0v) is 21.3. The second-order valence-electron chi connectivity index (χ2n) is 8.74. The Hall–Kier alpha value is -4.12. The first-order valence-electron chi connectivity index (χ1n) is 11.1. The largest absolute Gasteiger partial charge is 0.508 e. The van der Waals surface area contributed by atoms with E-state index in [0.29, 0.717) is 23.4 Å². The van der Waals surface area contributed by atoms with Gasteiger partial charge in [0, 0.05) is 17.3 Å². The molecule has 0 saturated carbocycles. The van der Waals surface area contributed by atoms with Crippen molar-refractivity contribution in [3.8, 4) is 11.5 Å². The summed E-state index contributed by atoms with van der Waals surface area (Å²) in [7, 11) is 1.49. The van der Waals surface area contributed by atoms with E-state index < -0.39 is 29.3 Å². The maximum Gasteiger partial charge on any atom is 0.273 e. The fraction of sp³-hybridized carbons (Fsp3) is 0.280. The van der Waals surface area contributed by atoms with Gasteiger partial charge < -0.3 is 26.6 Å². The average molecular weight is 512 g/mol. The van der Waals surface area contributed by atoms with Crippen molar-refractivity contribution in [2.45, 2.75) is 38.8 Å². The lowest BCUT2D eigenvalue weighted by molar-refractivity contribution is -0.124. The average Bonchev–Trinajstić information content (AvgIpc) is 3.24. The van der Waals surface area contributed by atoms with Crippen LogP contribution in [0.25, 0.3) is 0 Å². The minimum absolute atomic E-state index is 0.00357. The topological polar surface area (TPSA) is 161 Å². The number of nitrogens with zero attached hydrogens (tertiary/aromatic N) is 2. The number of ether oxygens (including phenoxy) is 1. The van der Waals surface area contributed by atoms with E-state index in [9.17, 15) is 19.5 Å². The van der Waals surface area contributed by atoms with Gasteiger partial charge >= 0.3 is 0 Å². The highest BCUT2D eigenvalue weighted by Gasteiger charge is 2.37. The predicted octanol–water partition coefficient (Wildman–Crippen LogP) is 3.23. The molecule has 1 atom stereocenters. The van der Waals surface area contributed by atoms with Crippen LogP contribution in [-0.4, -0.2) is 39.9 Å². The molecule has 1 unspecified atom stereocenters. The Morgan fingerprint density at radius 3 is 2.42 bits per heavy atom. The van der Waals surface area contributed by atoms with Gasteiger partial charge in [0.1, 0.15) is 22.4 Å². The van der Waals surface area contributed by atoms with Gasteiger partial charge in [-0.05, 0) is 61.6 Å². The number of aromatic hydroxyl groups is 1. The highest BCUT2D eigenvalue weighted by molar-refractivity contribution is 7.09. The number of methoxy groups -OCH3 is 1. The molecule has 0 aliphatic rings. The molecule has 6 N–H and O–H groups in total. The molecule has 0 aliphatic carbocycles. The quantitative estimate of drug-likeness (QED) is 0.343. The smallest absolute Gasteiger partial charge is 0.273 e. The van der Waals surface area contributed by atoms with Crippen LogP contribution in [0.3, 0.4) is 0 Å². The van der Waals surface area contributed by atoms with Crippen LogP contribution in [0.5, 0.6) is 11.5 Å². The van der Waals surface area contributed by atoms with Crippen molar-refractivity contribution in [3.05, 3.63) is 64.7 Å². The summed E-state index contributed by atoms with van der Waals surface area (Å²) in [6, 6.07) is 11.5. The highest BCUT2D eigenvalue weighted by Crippen LogP contribution is 2.35. The van der Waals surface area contributed by atoms with Gasteiger partial charge in [-0.2, -0.15) is 4.37 Å². The first-order valence-corrected chi connectivity index (χ1v) is 11.9. The molecule has 3 amide bonds. The van der Waals surface area contributed by atoms with Crippen molar-refractivity contribution in [1.29, 1.82) is 0 Å². The number of carbonyl (C=O) groups is 3. The Kier molecular flexibility index (Phi) is 7.83. The predicted molar refractivity (Wildman–Crippen MR) is 138 cm³/mol. The Morgan fingerprint density at radius 2 is 1.86 bits per heavy atom. The summed E-state index contributed by atoms with van der Waals surface area (Å²) in [4.78, 5) is 40.8. The summed E-state index contributed by atoms with van der Waals surface area (Å²) in [6.45, 7) is 5.68. The van der Waals surface area contributed by atoms with Crippen molar-refractivity contribution in [2.75, 3.05) is 17.7 Å². The van der Waals surface area contributed by atoms with E-state index in [1.807, 2.05) is 20.8 Å². The molecule has 3 aromatic rings. The number of nitrogens with two attached hydrogens (primary N) is 2. The van der Waals surface area contributed by atoms with Crippen molar-refractivity contribution in [3.63, 3.8) is 0 Å². The number of anilines is 2. The van der Waals surface area contributed by atoms with Crippen molar-refractivity contribution < 1.29 is 24.2 Å². The van der Waals surface area contributed by atoms with Gasteiger partial charge in [0.15, 0.2) is 5.69 Å². The molecule has 1 aromatic heterocycles. The van der Waals surface area contributed by atoms with Crippen LogP contribution in [0.15, 0.2) is 48.5 Å². The number of amides is 3. The number of rotatable bonds is 9. The third-order valence-corrected chi connectivity index (χ3v) is 6.62. The Labute approximate surface area is 213 Å². The number of nitrogens with one attached hydrogen (secondary N) is 1. The summed E-state index contributed by atoms with van der Waals surface area (Å²) in [5.41, 5.74) is 11.3. The summed E-state index contributed by atoms with van der Waals surface area (Å²) >= 11 is 0.720. The lowest BCUT2D eigenvalue weighted by Gasteiger charge is -2.34. The molecule has 0 aliphatic heterocycles. The standard InChI is InChI=1S/C25H29N5O5S/c1-5-25(2,3)28-23(33)20(14-9-11-16(31)12-10-14)30(15-7-6-8-17(13-15)35-4)24(34)21-18(26)19(22(27)32)29-36-21/h6-13,20,31H,5,26H2,1-4H3,(H2,27,32)(H,28,33). The number of phenolic OH excluding ortho intramolecular Hbond substituents is 1. The fourth-order valence-electron chi connectivity index (χ4n) is 3.45. The number of benzene rings is 2. The van der Waals surface area contributed by atoms with Gasteiger partial charge in [0.2, 0.25) is 5.91 Å². The molecule has 0 fully saturated rings. The van der Waals surface area contributed by atoms with E-state index in [2.05, 4.69) is 9.69 Å². The van der Waals surface area contributed by atoms with Crippen molar-refractivity contribution in [2.24, 2.45) is 5.73 Å². The summed E-state index contributed by atoms with van der Waals surface area (Å²) < 4.78 is 9.29. The summed E-state index contributed by atoms with van der Waals surface area (Å²) in [5, 5.41) is 12.8. The third kappa shape index (κ3) is 5.57. The van der Waals surface area contributed by atoms with Crippen LogP contribution in [0, 0.1) is 0 Å². The van der Waals surface area contributed by atoms with E-state index in [1.165, 1.54) is 24.1 Å². The first kappa shape index (κ1) is 26.5. The normalized spacial score (nSPS) is 12.0. The molecule has 1 heterocycles. The lowest BCUT2D eigenvalue weighted by atomic mass is 9.98. The molecule has 190 valence electrons. The van der Waals surface area contributed by atoms with Gasteiger partial charge in [-0.3, -0.25) is 19.3 Å². The Bertz CT molecular complexity index is 1270. The number of aromatic nitrogens is 1. The molecule has 0 radical (unpaired) electrons. The molecular formula is C25H29N5O5S. The number of hydrogen-bond acceptors (Lipinski definition) is 8. The third-order valence-electron chi connectivity index (χ3n) is 5.77. The second-order valence-corrected chi connectivity index (χ2v) is 9.51. The minimum Gasteiger partial charge on any atom is -0.508 e. The molecule has 0 saturated heterocycles. The van der Waals surface area contributed by atoms with E-state index in [4.69, 9.17) is 16.2 Å². The van der Waals surface area contributed by atoms with Crippen LogP contribution in [-0.2, 0) is 4.79 Å². The zero-order valence-electron chi connectivity index (χ0n) is 20.4. The van der Waals surface area contributed by atoms with Gasteiger partial charge in [-0.25, -0.2) is 0 Å². The van der Waals surface area contributed by atoms with E-state index >= 15 is 0 Å². The molecule has 2 aromatic carbocycles. The SMILES string of the molecule is CCC(C)(C)NC(=O)C(c1ccc(O)cc1)N(C(=O)c1snc(C(N)=O)c1N)c1cccc(OC)c1. The van der Waals surface area contributed by atoms with Crippen LogP contribution in [0.1, 0.15) is 59.0 Å². The van der Waals surface area contributed by atoms with Crippen molar-refractivity contribution in [1.82, 2.24) is 9.69 Å². The molecule has 36 heavy (non-hydrogen) atoms. The number of primary amides is 1. The van der Waals surface area contributed by atoms with Crippen LogP contribution < -0.4 is 26.4 Å². The van der Waals surface area contributed by atoms with Crippen LogP contribution >= 0.6 is 11.5 Å². The molecular weight excluding hydrogens is 482 g/mol.